The number of methoxy groups -OCH3 is 1. The second-order valence-corrected chi connectivity index (χ2v) is 23.2. The Hall–Kier alpha value is -3.23. The highest BCUT2D eigenvalue weighted by atomic mass is 28.3. The van der Waals surface area contributed by atoms with Crippen molar-refractivity contribution in [1.82, 2.24) is 14.9 Å². The van der Waals surface area contributed by atoms with Gasteiger partial charge in [0.05, 0.1) is 17.2 Å². The molecule has 1 fully saturated rings. The molecule has 6 nitrogen and oxygen atoms in total. The van der Waals surface area contributed by atoms with Crippen LogP contribution >= 0.6 is 0 Å². The van der Waals surface area contributed by atoms with Gasteiger partial charge in [-0.15, -0.1) is 5.54 Å². The maximum Gasteiger partial charge on any atom is 0.316 e. The monoisotopic (exact) mass is 791 g/mol. The van der Waals surface area contributed by atoms with Crippen LogP contribution in [0.2, 0.25) is 16.6 Å². The zero-order valence-corrected chi connectivity index (χ0v) is 36.5. The molecule has 3 aliphatic rings. The summed E-state index contributed by atoms with van der Waals surface area (Å²) in [5.74, 6) is -1.92. The lowest BCUT2D eigenvalue weighted by atomic mass is 9.68. The fourth-order valence-corrected chi connectivity index (χ4v) is 15.2. The smallest absolute Gasteiger partial charge is 0.316 e. The molecule has 0 bridgehead atoms. The number of hydrogen-bond donors (Lipinski definition) is 1. The highest BCUT2D eigenvalue weighted by Crippen LogP contribution is 2.52. The lowest BCUT2D eigenvalue weighted by Crippen LogP contribution is -2.52. The van der Waals surface area contributed by atoms with Crippen molar-refractivity contribution in [3.63, 3.8) is 0 Å². The molecular formula is C46H64F3N3O3Si. The summed E-state index contributed by atoms with van der Waals surface area (Å²) in [4.78, 5) is 11.5. The third kappa shape index (κ3) is 8.34. The molecular weight excluding hydrogens is 728 g/mol. The van der Waals surface area contributed by atoms with Crippen LogP contribution in [-0.2, 0) is 10.3 Å². The van der Waals surface area contributed by atoms with E-state index in [4.69, 9.17) is 14.5 Å². The Morgan fingerprint density at radius 3 is 2.39 bits per heavy atom. The van der Waals surface area contributed by atoms with Crippen LogP contribution in [0.5, 0.6) is 6.01 Å². The number of hydrogen-bond acceptors (Lipinski definition) is 6. The molecule has 1 aliphatic heterocycles. The van der Waals surface area contributed by atoms with Crippen LogP contribution in [0.25, 0.3) is 10.9 Å². The normalized spacial score (nSPS) is 24.8. The number of fused-ring (bicyclic) bond motifs is 2. The summed E-state index contributed by atoms with van der Waals surface area (Å²) in [7, 11) is 1.40. The van der Waals surface area contributed by atoms with Gasteiger partial charge >= 0.3 is 11.9 Å². The van der Waals surface area contributed by atoms with Gasteiger partial charge in [0.25, 0.3) is 0 Å². The molecule has 4 unspecified atom stereocenters. The summed E-state index contributed by atoms with van der Waals surface area (Å²) in [5.41, 5.74) is 3.17. The van der Waals surface area contributed by atoms with Crippen LogP contribution in [0, 0.1) is 22.8 Å². The summed E-state index contributed by atoms with van der Waals surface area (Å²) in [6.07, 6.45) is 10.1. The first-order chi connectivity index (χ1) is 26.4. The van der Waals surface area contributed by atoms with Gasteiger partial charge in [0.1, 0.15) is 26.1 Å². The highest BCUT2D eigenvalue weighted by molar-refractivity contribution is 6.90. The number of allylic oxidation sites excluding steroid dienone is 6. The molecule has 0 amide bonds. The van der Waals surface area contributed by atoms with Crippen LogP contribution in [-0.4, -0.2) is 73.9 Å². The minimum atomic E-state index is -3.61. The average molecular weight is 792 g/mol. The number of halogens is 3. The number of unbranched alkanes of at least 4 members (excludes halogenated alkanes) is 2. The van der Waals surface area contributed by atoms with Crippen molar-refractivity contribution in [3.05, 3.63) is 76.3 Å². The predicted molar refractivity (Wildman–Crippen MR) is 224 cm³/mol. The first-order valence-corrected chi connectivity index (χ1v) is 22.9. The van der Waals surface area contributed by atoms with Gasteiger partial charge in [-0.3, -0.25) is 0 Å². The Morgan fingerprint density at radius 1 is 1.07 bits per heavy atom. The maximum atomic E-state index is 16.5. The van der Waals surface area contributed by atoms with Gasteiger partial charge in [0.2, 0.25) is 0 Å². The van der Waals surface area contributed by atoms with Crippen LogP contribution in [0.1, 0.15) is 106 Å². The number of aromatic nitrogens is 2. The first kappa shape index (κ1) is 43.9. The third-order valence-electron chi connectivity index (χ3n) is 12.9. The molecule has 4 atom stereocenters. The first-order valence-electron chi connectivity index (χ1n) is 20.7. The average Bonchev–Trinajstić information content (AvgIpc) is 3.13. The Kier molecular flexibility index (Phi) is 13.6. The van der Waals surface area contributed by atoms with Crippen molar-refractivity contribution >= 4 is 19.0 Å². The largest absolute Gasteiger partial charge is 0.463 e. The number of ether oxygens (including phenoxy) is 2. The van der Waals surface area contributed by atoms with E-state index >= 15 is 13.2 Å². The van der Waals surface area contributed by atoms with Gasteiger partial charge in [0.15, 0.2) is 0 Å². The van der Waals surface area contributed by atoms with Gasteiger partial charge in [-0.1, -0.05) is 106 Å². The van der Waals surface area contributed by atoms with Gasteiger partial charge < -0.3 is 19.5 Å². The van der Waals surface area contributed by atoms with Crippen LogP contribution in [0.15, 0.2) is 70.7 Å². The highest BCUT2D eigenvalue weighted by Gasteiger charge is 2.48. The number of likely N-dealkylation sites (tertiary alicyclic amines) is 1. The zero-order chi connectivity index (χ0) is 41.2. The summed E-state index contributed by atoms with van der Waals surface area (Å²) in [5, 5.41) is 13.7. The molecule has 1 aromatic heterocycles. The van der Waals surface area contributed by atoms with Crippen molar-refractivity contribution < 1.29 is 27.8 Å². The van der Waals surface area contributed by atoms with Crippen LogP contribution < -0.4 is 4.74 Å². The van der Waals surface area contributed by atoms with Crippen LogP contribution in [0.3, 0.4) is 0 Å². The van der Waals surface area contributed by atoms with E-state index in [0.717, 1.165) is 44.2 Å². The fraction of sp³-hybridized carbons (Fsp3) is 0.609. The summed E-state index contributed by atoms with van der Waals surface area (Å²) >= 11 is 0. The van der Waals surface area contributed by atoms with Gasteiger partial charge in [-0.2, -0.15) is 13.8 Å². The lowest BCUT2D eigenvalue weighted by molar-refractivity contribution is -0.0754. The number of piperidine rings is 1. The van der Waals surface area contributed by atoms with E-state index in [1.807, 2.05) is 13.0 Å². The molecule has 1 N–H and O–H groups in total. The standard InChI is InChI=1S/C46H64F3N3O3Si/c1-12-14-15-16-33(13-2)42-41-36(37(46(48,49)26-38(41)47)21-24-56(30(3)4,31(5)6)32(7)8)19-22-45(42,53)35-18-17-34-27-50-43(51-39(34)25-35)55-29-44(9)28-52(10)23-20-40(44)54-11/h17-19,22,25-27,30-33,40,53H,12-16,20,23,28-29H2,1-11H3. The molecule has 1 aromatic carbocycles. The van der Waals surface area contributed by atoms with Crippen molar-refractivity contribution in [2.24, 2.45) is 11.3 Å². The molecule has 2 heterocycles. The number of alkyl halides is 2. The minimum absolute atomic E-state index is 0.0262. The molecule has 0 spiro atoms. The van der Waals surface area contributed by atoms with Crippen molar-refractivity contribution in [3.8, 4) is 17.5 Å². The number of aliphatic hydroxyl groups is 1. The molecule has 2 aromatic rings. The summed E-state index contributed by atoms with van der Waals surface area (Å²) in [6.45, 7) is 21.2. The summed E-state index contributed by atoms with van der Waals surface area (Å²) < 4.78 is 60.8. The van der Waals surface area contributed by atoms with Crippen molar-refractivity contribution in [1.29, 1.82) is 0 Å². The fourth-order valence-electron chi connectivity index (χ4n) is 9.94. The number of rotatable bonds is 14. The lowest BCUT2D eigenvalue weighted by Gasteiger charge is -2.43. The number of nitrogens with zero attached hydrogens (tertiary/aromatic N) is 3. The molecule has 10 heteroatoms. The van der Waals surface area contributed by atoms with E-state index in [-0.39, 0.29) is 51.2 Å². The SMILES string of the molecule is CCCCCC(CC)C1=C2C(F)=CC(F)(F)C(C#C[Si](C(C)C)(C(C)C)C(C)C)=C2C=CC1(O)c1ccc2cnc(OCC3(C)CN(C)CCC3OC)nc2c1. The van der Waals surface area contributed by atoms with E-state index in [1.165, 1.54) is 6.08 Å². The van der Waals surface area contributed by atoms with E-state index in [1.54, 1.807) is 31.5 Å². The van der Waals surface area contributed by atoms with Crippen LogP contribution in [0.4, 0.5) is 13.2 Å². The Morgan fingerprint density at radius 2 is 1.77 bits per heavy atom. The molecule has 1 saturated heterocycles. The number of benzene rings is 1. The van der Waals surface area contributed by atoms with Gasteiger partial charge in [-0.25, -0.2) is 9.37 Å². The third-order valence-corrected chi connectivity index (χ3v) is 19.2. The van der Waals surface area contributed by atoms with E-state index in [2.05, 4.69) is 83.8 Å². The molecule has 5 rings (SSSR count). The van der Waals surface area contributed by atoms with E-state index < -0.39 is 31.0 Å². The molecule has 0 radical (unpaired) electrons. The molecule has 2 aliphatic carbocycles. The minimum Gasteiger partial charge on any atom is -0.463 e. The Labute approximate surface area is 334 Å². The van der Waals surface area contributed by atoms with Gasteiger partial charge in [0, 0.05) is 54.4 Å². The quantitative estimate of drug-likeness (QED) is 0.117. The zero-order valence-electron chi connectivity index (χ0n) is 35.5. The van der Waals surface area contributed by atoms with Crippen molar-refractivity contribution in [2.75, 3.05) is 33.9 Å². The van der Waals surface area contributed by atoms with Crippen molar-refractivity contribution in [2.45, 2.75) is 135 Å². The molecule has 56 heavy (non-hydrogen) atoms. The maximum absolute atomic E-state index is 16.5. The van der Waals surface area contributed by atoms with E-state index in [9.17, 15) is 5.11 Å². The second kappa shape index (κ2) is 17.3. The van der Waals surface area contributed by atoms with E-state index in [0.29, 0.717) is 42.2 Å². The molecule has 306 valence electrons. The topological polar surface area (TPSA) is 67.7 Å². The van der Waals surface area contributed by atoms with Gasteiger partial charge in [-0.05, 0) is 72.1 Å². The Balaban J connectivity index is 1.66. The molecule has 0 saturated carbocycles. The second-order valence-electron chi connectivity index (χ2n) is 17.7. The predicted octanol–water partition coefficient (Wildman–Crippen LogP) is 11.0. The summed E-state index contributed by atoms with van der Waals surface area (Å²) in [6, 6.07) is 5.61. The Bertz CT molecular complexity index is 1920.